The van der Waals surface area contributed by atoms with Gasteiger partial charge in [-0.15, -0.1) is 0 Å². The van der Waals surface area contributed by atoms with Gasteiger partial charge < -0.3 is 0 Å². The van der Waals surface area contributed by atoms with Gasteiger partial charge in [0, 0.05) is 0 Å². The van der Waals surface area contributed by atoms with E-state index in [1.54, 1.807) is 7.11 Å². The van der Waals surface area contributed by atoms with Crippen LogP contribution in [0.3, 0.4) is 0 Å². The van der Waals surface area contributed by atoms with Crippen molar-refractivity contribution in [2.24, 2.45) is 0 Å². The first kappa shape index (κ1) is 36.0. The van der Waals surface area contributed by atoms with Crippen LogP contribution in [0.1, 0.15) is 6.92 Å². The van der Waals surface area contributed by atoms with Gasteiger partial charge in [-0.3, -0.25) is 0 Å². The van der Waals surface area contributed by atoms with Crippen molar-refractivity contribution in [2.45, 2.75) is 6.92 Å². The molecule has 0 unspecified atom stereocenters. The number of methoxy groups -OCH3 is 1. The predicted molar refractivity (Wildman–Crippen MR) is 55.6 cm³/mol. The monoisotopic (exact) mass is 302 g/mol. The average Bonchev–Trinajstić information content (AvgIpc) is 2.57. The van der Waals surface area contributed by atoms with Crippen molar-refractivity contribution in [1.82, 2.24) is 0 Å². The molecule has 0 aromatic rings. The van der Waals surface area contributed by atoms with Crippen molar-refractivity contribution >= 4 is 4.57 Å². The maximum absolute atomic E-state index is 7.50. The zero-order chi connectivity index (χ0) is 17.1. The minimum absolute atomic E-state index is 0.799. The number of hydrogen-bond donors (Lipinski definition) is 0. The molecule has 0 aliphatic rings. The second-order valence-electron chi connectivity index (χ2n) is 1.41. The Balaban J connectivity index is -0.0000000356. The van der Waals surface area contributed by atoms with Crippen LogP contribution in [0.5, 0.6) is 0 Å². The Morgan fingerprint density at radius 1 is 0.842 bits per heavy atom. The number of allylic oxidation sites excluding steroid dienone is 3. The summed E-state index contributed by atoms with van der Waals surface area (Å²) in [5, 5.41) is 0. The molecule has 100 valence electrons. The van der Waals surface area contributed by atoms with Crippen LogP contribution >= 0.6 is 0 Å². The van der Waals surface area contributed by atoms with Gasteiger partial charge in [-0.25, -0.2) is 0 Å². The molecular formula is C12H10CrO6. The van der Waals surface area contributed by atoms with Crippen LogP contribution in [-0.2, 0) is 43.8 Å². The summed E-state index contributed by atoms with van der Waals surface area (Å²) in [4.78, 5) is 0. The molecule has 0 saturated heterocycles. The van der Waals surface area contributed by atoms with Crippen LogP contribution in [0.2, 0.25) is 0 Å². The fourth-order valence-electron chi connectivity index (χ4n) is 0.313. The molecule has 0 N–H and O–H groups in total. The summed E-state index contributed by atoms with van der Waals surface area (Å²) in [5.41, 5.74) is 0. The Morgan fingerprint density at radius 2 is 1.16 bits per heavy atom. The summed E-state index contributed by atoms with van der Waals surface area (Å²) < 4.78 is 43.1. The molecule has 19 heavy (non-hydrogen) atoms. The van der Waals surface area contributed by atoms with E-state index in [1.165, 1.54) is 0 Å². The Kier molecular flexibility index (Phi) is 177. The zero-order valence-corrected chi connectivity index (χ0v) is 11.4. The molecule has 0 rings (SSSR count). The van der Waals surface area contributed by atoms with Crippen LogP contribution in [-0.4, -0.2) is 11.7 Å². The number of hydrogen-bond acceptors (Lipinski definition) is 1. The first-order valence-electron chi connectivity index (χ1n) is 3.70. The van der Waals surface area contributed by atoms with Crippen molar-refractivity contribution in [1.29, 1.82) is 0 Å². The van der Waals surface area contributed by atoms with Crippen molar-refractivity contribution in [3.8, 4) is 0 Å². The second kappa shape index (κ2) is 93.4. The van der Waals surface area contributed by atoms with Crippen molar-refractivity contribution in [3.05, 3.63) is 57.6 Å². The van der Waals surface area contributed by atoms with E-state index >= 15 is 0 Å². The third-order valence-electron chi connectivity index (χ3n) is 0.737. The molecule has 0 aromatic heterocycles. The zero-order valence-electron chi connectivity index (χ0n) is 10.2. The molecule has 0 aromatic carbocycles. The molecule has 0 bridgehead atoms. The van der Waals surface area contributed by atoms with Gasteiger partial charge in [0.1, 0.15) is 0 Å². The molecule has 0 saturated carbocycles. The predicted octanol–water partition coefficient (Wildman–Crippen LogP) is 1.25. The van der Waals surface area contributed by atoms with Crippen LogP contribution in [0.15, 0.2) is 24.3 Å². The summed E-state index contributed by atoms with van der Waals surface area (Å²) >= 11 is 2.76. The van der Waals surface area contributed by atoms with Gasteiger partial charge in [0.25, 0.3) is 0 Å². The Morgan fingerprint density at radius 3 is 1.37 bits per heavy atom. The normalized spacial score (nSPS) is 5.89. The fraction of sp³-hybridized carbons (Fsp3) is 0.167. The fourth-order valence-corrected chi connectivity index (χ4v) is 0.436. The molecule has 0 spiro atoms. The molecule has 0 fully saturated rings. The van der Waals surface area contributed by atoms with Gasteiger partial charge >= 0.3 is 120 Å². The summed E-state index contributed by atoms with van der Waals surface area (Å²) in [6.45, 7) is 24.5. The van der Waals surface area contributed by atoms with E-state index in [4.69, 9.17) is 28.0 Å². The number of rotatable bonds is 3. The molecule has 0 heterocycles. The van der Waals surface area contributed by atoms with Crippen LogP contribution in [0.4, 0.5) is 0 Å². The standard InChI is InChI=1S/C7H10O.5CO.Cr/c1-3-4-5-6-7-8-2;5*1-2;/h3-6H,1-2H3;;;;;;/b4-3+,6-5+;;;;;;. The quantitative estimate of drug-likeness (QED) is 0.436. The Hall–Kier alpha value is -1.46. The average molecular weight is 302 g/mol. The van der Waals surface area contributed by atoms with Crippen LogP contribution < -0.4 is 0 Å². The van der Waals surface area contributed by atoms with Crippen LogP contribution in [0, 0.1) is 33.3 Å². The maximum atomic E-state index is 7.50. The summed E-state index contributed by atoms with van der Waals surface area (Å²) in [7, 11) is 1.63. The van der Waals surface area contributed by atoms with Gasteiger partial charge in [0.15, 0.2) is 0 Å². The van der Waals surface area contributed by atoms with E-state index in [0.717, 1.165) is 4.57 Å². The molecule has 0 amide bonds. The van der Waals surface area contributed by atoms with Crippen molar-refractivity contribution in [3.63, 3.8) is 0 Å². The molecule has 0 aliphatic carbocycles. The van der Waals surface area contributed by atoms with E-state index in [1.807, 2.05) is 31.2 Å². The summed E-state index contributed by atoms with van der Waals surface area (Å²) in [5.74, 6) is 0. The van der Waals surface area contributed by atoms with E-state index in [9.17, 15) is 0 Å². The molecule has 7 heteroatoms. The van der Waals surface area contributed by atoms with Crippen LogP contribution in [0.25, 0.3) is 0 Å². The third-order valence-corrected chi connectivity index (χ3v) is 1.21. The molecule has 6 nitrogen and oxygen atoms in total. The first-order chi connectivity index (χ1) is 9.31. The second-order valence-corrected chi connectivity index (χ2v) is 2.04. The van der Waals surface area contributed by atoms with E-state index in [2.05, 4.69) is 49.1 Å². The van der Waals surface area contributed by atoms with Gasteiger partial charge in [0.2, 0.25) is 0 Å². The minimum atomic E-state index is 0.799. The van der Waals surface area contributed by atoms with E-state index < -0.39 is 0 Å². The van der Waals surface area contributed by atoms with Gasteiger partial charge in [-0.05, 0) is 0 Å². The third kappa shape index (κ3) is 114. The SMILES string of the molecule is C/C=C/C=C/[C](=[Cr])OC.[C-]#[O+].[C-]#[O+].[C-]#[O+].[C-]#[O+].[C-]#[O+]. The van der Waals surface area contributed by atoms with Gasteiger partial charge in [-0.2, -0.15) is 0 Å². The van der Waals surface area contributed by atoms with Crippen molar-refractivity contribution in [2.75, 3.05) is 7.11 Å². The summed E-state index contributed by atoms with van der Waals surface area (Å²) in [6.07, 6.45) is 7.67. The Labute approximate surface area is 120 Å². The van der Waals surface area contributed by atoms with Gasteiger partial charge in [-0.1, -0.05) is 0 Å². The van der Waals surface area contributed by atoms with Gasteiger partial charge in [0.05, 0.1) is 0 Å². The topological polar surface area (TPSA) is 109 Å². The molecule has 0 atom stereocenters. The molecule has 0 radical (unpaired) electrons. The molecule has 0 aliphatic heterocycles. The number of ether oxygens (including phenoxy) is 1. The molecular weight excluding hydrogens is 292 g/mol. The van der Waals surface area contributed by atoms with E-state index in [-0.39, 0.29) is 0 Å². The summed E-state index contributed by atoms with van der Waals surface area (Å²) in [6, 6.07) is 0. The first-order valence-corrected chi connectivity index (χ1v) is 4.34. The Bertz CT molecular complexity index is 272. The van der Waals surface area contributed by atoms with E-state index in [0.29, 0.717) is 0 Å². The van der Waals surface area contributed by atoms with Crippen molar-refractivity contribution < 1.29 is 43.8 Å².